The summed E-state index contributed by atoms with van der Waals surface area (Å²) in [6.07, 6.45) is 10.1. The Kier molecular flexibility index (Phi) is 6.34. The lowest BCUT2D eigenvalue weighted by atomic mass is 9.89. The first kappa shape index (κ1) is 18.2. The molecule has 0 bridgehead atoms. The van der Waals surface area contributed by atoms with Gasteiger partial charge in [-0.2, -0.15) is 0 Å². The molecular weight excluding hydrogens is 340 g/mol. The highest BCUT2D eigenvalue weighted by Crippen LogP contribution is 2.33. The molecule has 3 rings (SSSR count). The topological polar surface area (TPSA) is 97.1 Å². The average molecular weight is 366 g/mol. The number of imide groups is 1. The van der Waals surface area contributed by atoms with E-state index in [4.69, 9.17) is 4.42 Å². The van der Waals surface area contributed by atoms with E-state index in [0.717, 1.165) is 38.5 Å². The van der Waals surface area contributed by atoms with Crippen molar-refractivity contribution in [2.75, 3.05) is 0 Å². The molecule has 2 aliphatic rings. The summed E-state index contributed by atoms with van der Waals surface area (Å²) in [6, 6.07) is -0.234. The van der Waals surface area contributed by atoms with E-state index in [0.29, 0.717) is 17.0 Å². The number of hydrogen-bond donors (Lipinski definition) is 2. The van der Waals surface area contributed by atoms with Crippen LogP contribution in [0.25, 0.3) is 0 Å². The Balaban J connectivity index is 1.46. The number of amides is 3. The average Bonchev–Trinajstić information content (AvgIpc) is 3.27. The molecule has 0 saturated heterocycles. The number of aromatic nitrogens is 2. The summed E-state index contributed by atoms with van der Waals surface area (Å²) in [5.41, 5.74) is 0. The SMILES string of the molecule is C[C@H](Sc1nnc(C2CCCCC2)o1)C(=O)NC(=O)NC1CCCC1. The number of thioether (sulfide) groups is 1. The van der Waals surface area contributed by atoms with Crippen LogP contribution in [-0.4, -0.2) is 33.4 Å². The number of carbonyl (C=O) groups excluding carboxylic acids is 2. The summed E-state index contributed by atoms with van der Waals surface area (Å²) < 4.78 is 5.72. The third kappa shape index (κ3) is 5.20. The molecule has 138 valence electrons. The molecule has 1 aromatic heterocycles. The molecule has 3 amide bonds. The minimum Gasteiger partial charge on any atom is -0.416 e. The fourth-order valence-corrected chi connectivity index (χ4v) is 4.18. The Morgan fingerprint density at radius 1 is 1.08 bits per heavy atom. The van der Waals surface area contributed by atoms with Crippen LogP contribution in [0.5, 0.6) is 0 Å². The molecule has 1 aromatic rings. The van der Waals surface area contributed by atoms with Crippen LogP contribution < -0.4 is 10.6 Å². The summed E-state index contributed by atoms with van der Waals surface area (Å²) in [5.74, 6) is 0.670. The predicted octanol–water partition coefficient (Wildman–Crippen LogP) is 3.37. The molecule has 1 atom stereocenters. The van der Waals surface area contributed by atoms with Gasteiger partial charge in [0.25, 0.3) is 5.22 Å². The molecule has 7 nitrogen and oxygen atoms in total. The van der Waals surface area contributed by atoms with Crippen LogP contribution in [0, 0.1) is 0 Å². The van der Waals surface area contributed by atoms with Gasteiger partial charge in [-0.1, -0.05) is 43.9 Å². The molecule has 1 heterocycles. The van der Waals surface area contributed by atoms with Gasteiger partial charge < -0.3 is 9.73 Å². The van der Waals surface area contributed by atoms with Crippen molar-refractivity contribution in [3.8, 4) is 0 Å². The Morgan fingerprint density at radius 3 is 2.48 bits per heavy atom. The summed E-state index contributed by atoms with van der Waals surface area (Å²) in [7, 11) is 0. The van der Waals surface area contributed by atoms with Crippen molar-refractivity contribution in [2.45, 2.75) is 87.1 Å². The first-order chi connectivity index (χ1) is 12.1. The number of hydrogen-bond acceptors (Lipinski definition) is 6. The lowest BCUT2D eigenvalue weighted by Gasteiger charge is -2.17. The third-order valence-electron chi connectivity index (χ3n) is 4.95. The van der Waals surface area contributed by atoms with Crippen LogP contribution in [-0.2, 0) is 4.79 Å². The van der Waals surface area contributed by atoms with Crippen LogP contribution in [0.1, 0.15) is 76.5 Å². The fourth-order valence-electron chi connectivity index (χ4n) is 3.49. The molecule has 0 unspecified atom stereocenters. The van der Waals surface area contributed by atoms with E-state index in [9.17, 15) is 9.59 Å². The summed E-state index contributed by atoms with van der Waals surface area (Å²) in [4.78, 5) is 24.0. The van der Waals surface area contributed by atoms with Gasteiger partial charge in [-0.25, -0.2) is 4.79 Å². The van der Waals surface area contributed by atoms with Gasteiger partial charge in [0.2, 0.25) is 11.8 Å². The van der Waals surface area contributed by atoms with Crippen LogP contribution >= 0.6 is 11.8 Å². The minimum atomic E-state index is -0.478. The zero-order chi connectivity index (χ0) is 17.6. The Bertz CT molecular complexity index is 594. The van der Waals surface area contributed by atoms with E-state index in [1.54, 1.807) is 6.92 Å². The maximum Gasteiger partial charge on any atom is 0.321 e. The van der Waals surface area contributed by atoms with Crippen molar-refractivity contribution in [3.05, 3.63) is 5.89 Å². The van der Waals surface area contributed by atoms with Crippen LogP contribution in [0.2, 0.25) is 0 Å². The normalized spacial score (nSPS) is 20.4. The zero-order valence-electron chi connectivity index (χ0n) is 14.6. The van der Waals surface area contributed by atoms with Gasteiger partial charge in [0, 0.05) is 12.0 Å². The maximum atomic E-state index is 12.2. The van der Waals surface area contributed by atoms with Gasteiger partial charge in [0.1, 0.15) is 0 Å². The van der Waals surface area contributed by atoms with Crippen molar-refractivity contribution in [1.29, 1.82) is 0 Å². The molecule has 8 heteroatoms. The lowest BCUT2D eigenvalue weighted by Crippen LogP contribution is -2.45. The van der Waals surface area contributed by atoms with Crippen LogP contribution in [0.4, 0.5) is 4.79 Å². The number of nitrogens with one attached hydrogen (secondary N) is 2. The number of nitrogens with zero attached hydrogens (tertiary/aromatic N) is 2. The van der Waals surface area contributed by atoms with E-state index in [2.05, 4.69) is 20.8 Å². The van der Waals surface area contributed by atoms with Gasteiger partial charge in [-0.3, -0.25) is 10.1 Å². The second-order valence-electron chi connectivity index (χ2n) is 6.95. The highest BCUT2D eigenvalue weighted by Gasteiger charge is 2.25. The van der Waals surface area contributed by atoms with Gasteiger partial charge in [-0.05, 0) is 32.6 Å². The fraction of sp³-hybridized carbons (Fsp3) is 0.765. The first-order valence-electron chi connectivity index (χ1n) is 9.23. The smallest absolute Gasteiger partial charge is 0.321 e. The quantitative estimate of drug-likeness (QED) is 0.776. The largest absolute Gasteiger partial charge is 0.416 e. The van der Waals surface area contributed by atoms with Gasteiger partial charge in [0.15, 0.2) is 0 Å². The zero-order valence-corrected chi connectivity index (χ0v) is 15.4. The summed E-state index contributed by atoms with van der Waals surface area (Å²) >= 11 is 1.19. The van der Waals surface area contributed by atoms with Crippen molar-refractivity contribution >= 4 is 23.7 Å². The number of urea groups is 1. The third-order valence-corrected chi connectivity index (χ3v) is 5.88. The van der Waals surface area contributed by atoms with E-state index < -0.39 is 11.3 Å². The highest BCUT2D eigenvalue weighted by atomic mass is 32.2. The van der Waals surface area contributed by atoms with Crippen LogP contribution in [0.15, 0.2) is 9.64 Å². The van der Waals surface area contributed by atoms with Gasteiger partial charge in [0.05, 0.1) is 5.25 Å². The predicted molar refractivity (Wildman–Crippen MR) is 94.4 cm³/mol. The van der Waals surface area contributed by atoms with Gasteiger partial charge in [-0.15, -0.1) is 10.2 Å². The molecule has 2 aliphatic carbocycles. The monoisotopic (exact) mass is 366 g/mol. The number of rotatable bonds is 5. The van der Waals surface area contributed by atoms with Crippen LogP contribution in [0.3, 0.4) is 0 Å². The second kappa shape index (κ2) is 8.69. The maximum absolute atomic E-state index is 12.2. The molecule has 2 fully saturated rings. The Morgan fingerprint density at radius 2 is 1.76 bits per heavy atom. The summed E-state index contributed by atoms with van der Waals surface area (Å²) in [6.45, 7) is 1.73. The van der Waals surface area contributed by atoms with E-state index in [1.165, 1.54) is 31.0 Å². The first-order valence-corrected chi connectivity index (χ1v) is 10.1. The lowest BCUT2D eigenvalue weighted by molar-refractivity contribution is -0.119. The van der Waals surface area contributed by atoms with E-state index in [1.807, 2.05) is 0 Å². The Labute approximate surface area is 152 Å². The van der Waals surface area contributed by atoms with Crippen molar-refractivity contribution in [1.82, 2.24) is 20.8 Å². The molecule has 25 heavy (non-hydrogen) atoms. The van der Waals surface area contributed by atoms with Gasteiger partial charge >= 0.3 is 6.03 Å². The van der Waals surface area contributed by atoms with Crippen molar-refractivity contribution in [3.63, 3.8) is 0 Å². The molecule has 2 N–H and O–H groups in total. The molecule has 0 radical (unpaired) electrons. The molecular formula is C17H26N4O3S. The second-order valence-corrected chi connectivity index (χ2v) is 8.24. The highest BCUT2D eigenvalue weighted by molar-refractivity contribution is 8.00. The van der Waals surface area contributed by atoms with E-state index in [-0.39, 0.29) is 11.9 Å². The molecule has 0 aromatic carbocycles. The number of carbonyl (C=O) groups is 2. The standard InChI is InChI=1S/C17H26N4O3S/c1-11(14(22)19-16(23)18-13-9-5-6-10-13)25-17-21-20-15(24-17)12-7-3-2-4-8-12/h11-13H,2-10H2,1H3,(H2,18,19,22,23)/t11-/m0/s1. The Hall–Kier alpha value is -1.57. The minimum absolute atomic E-state index is 0.185. The molecule has 2 saturated carbocycles. The van der Waals surface area contributed by atoms with Crippen molar-refractivity contribution < 1.29 is 14.0 Å². The molecule has 0 spiro atoms. The molecule has 0 aliphatic heterocycles. The summed E-state index contributed by atoms with van der Waals surface area (Å²) in [5, 5.41) is 13.3. The van der Waals surface area contributed by atoms with Crippen molar-refractivity contribution in [2.24, 2.45) is 0 Å². The van der Waals surface area contributed by atoms with E-state index >= 15 is 0 Å².